The van der Waals surface area contributed by atoms with Gasteiger partial charge in [-0.15, -0.1) is 0 Å². The van der Waals surface area contributed by atoms with Crippen molar-refractivity contribution < 1.29 is 51.0 Å². The predicted octanol–water partition coefficient (Wildman–Crippen LogP) is 9.43. The van der Waals surface area contributed by atoms with Crippen LogP contribution in [-0.2, 0) is 29.5 Å². The van der Waals surface area contributed by atoms with E-state index in [2.05, 4.69) is 10.2 Å². The van der Waals surface area contributed by atoms with Crippen molar-refractivity contribution in [3.8, 4) is 17.2 Å². The van der Waals surface area contributed by atoms with Gasteiger partial charge in [0, 0.05) is 18.5 Å². The monoisotopic (exact) mass is 876 g/mol. The number of benzene rings is 3. The number of fused-ring (bicyclic) bond motifs is 3. The fourth-order valence-corrected chi connectivity index (χ4v) is 8.54. The molecule has 0 unspecified atom stereocenters. The van der Waals surface area contributed by atoms with Crippen LogP contribution in [0.3, 0.4) is 0 Å². The number of hydrogen-bond donors (Lipinski definition) is 1. The Bertz CT molecular complexity index is 2300. The number of amides is 1. The van der Waals surface area contributed by atoms with Crippen LogP contribution in [0.4, 0.5) is 13.6 Å². The van der Waals surface area contributed by atoms with Crippen molar-refractivity contribution in [2.24, 2.45) is 18.9 Å². The van der Waals surface area contributed by atoms with Gasteiger partial charge in [0.15, 0.2) is 23.9 Å². The summed E-state index contributed by atoms with van der Waals surface area (Å²) in [5, 5.41) is 3.77. The molecule has 3 saturated heterocycles. The minimum atomic E-state index is -3.06. The summed E-state index contributed by atoms with van der Waals surface area (Å²) in [5.41, 5.74) is 2.61. The van der Waals surface area contributed by atoms with Crippen LogP contribution in [-0.4, -0.2) is 55.9 Å². The highest BCUT2D eigenvalue weighted by Crippen LogP contribution is 2.38. The zero-order valence-electron chi connectivity index (χ0n) is 33.4. The van der Waals surface area contributed by atoms with E-state index < -0.39 is 30.8 Å². The molecule has 1 N–H and O–H groups in total. The summed E-state index contributed by atoms with van der Waals surface area (Å²) in [7, 11) is 1.77. The molecular weight excluding hydrogens is 831 g/mol. The third-order valence-electron chi connectivity index (χ3n) is 11.3. The Morgan fingerprint density at radius 3 is 2.33 bits per heavy atom. The number of aromatic nitrogens is 1. The van der Waals surface area contributed by atoms with Crippen LogP contribution in [0.25, 0.3) is 0 Å². The fraction of sp³-hybridized carbons (Fsp3) is 0.370. The maximum Gasteiger partial charge on any atom is 0.408 e. The molecule has 0 spiro atoms. The van der Waals surface area contributed by atoms with Crippen molar-refractivity contribution in [3.05, 3.63) is 141 Å². The minimum Gasteiger partial charge on any atom is -0.489 e. The summed E-state index contributed by atoms with van der Waals surface area (Å²) in [5.74, 6) is 0.646. The standard InChI is InChI=1S/C46H45Cl2F2N3O8/c1-52-23-36(47)35(37(48)24-52)22-40(31-12-14-38(60-45(49)50)41(21-31)57-26-28-10-11-28)59-44(54)39-15-13-34(58-39)27-56-33-9-5-8-32(20-33)43(30-6-3-2-4-7-30)51-46(55)61-42-25-53-18-16-29(42)17-19-53/h2-9,12-15,20-21,23-24,28-29,40,42-43,45H,10-11,16-19,22,25-27H2,1H3/p+1/t40-,42-,43-/m0/s1. The van der Waals surface area contributed by atoms with E-state index in [9.17, 15) is 18.4 Å². The lowest BCUT2D eigenvalue weighted by Gasteiger charge is -2.43. The minimum absolute atomic E-state index is 0.0231. The van der Waals surface area contributed by atoms with Crippen molar-refractivity contribution in [2.75, 3.05) is 26.2 Å². The zero-order valence-corrected chi connectivity index (χ0v) is 35.0. The third kappa shape index (κ3) is 10.9. The predicted molar refractivity (Wildman–Crippen MR) is 221 cm³/mol. The molecule has 2 aromatic heterocycles. The van der Waals surface area contributed by atoms with Crippen LogP contribution >= 0.6 is 23.2 Å². The number of aryl methyl sites for hydroxylation is 1. The molecule has 3 atom stereocenters. The van der Waals surface area contributed by atoms with Gasteiger partial charge in [-0.2, -0.15) is 8.78 Å². The summed E-state index contributed by atoms with van der Waals surface area (Å²) >= 11 is 13.2. The van der Waals surface area contributed by atoms with Crippen LogP contribution in [0.15, 0.2) is 102 Å². The average molecular weight is 878 g/mol. The topological polar surface area (TPSA) is 113 Å². The molecule has 320 valence electrons. The largest absolute Gasteiger partial charge is 0.489 e. The summed E-state index contributed by atoms with van der Waals surface area (Å²) < 4.78 is 63.0. The molecule has 2 bridgehead atoms. The lowest BCUT2D eigenvalue weighted by Crippen LogP contribution is -2.52. The summed E-state index contributed by atoms with van der Waals surface area (Å²) in [6.45, 7) is 0.0984. The van der Waals surface area contributed by atoms with E-state index in [1.54, 1.807) is 36.1 Å². The number of carbonyl (C=O) groups excluding carboxylic acids is 2. The number of piperidine rings is 3. The number of hydrogen-bond acceptors (Lipinski definition) is 9. The Kier molecular flexibility index (Phi) is 13.3. The van der Waals surface area contributed by atoms with E-state index in [4.69, 9.17) is 51.3 Å². The molecule has 4 aliphatic rings. The van der Waals surface area contributed by atoms with Crippen molar-refractivity contribution in [2.45, 2.75) is 63.6 Å². The maximum absolute atomic E-state index is 13.7. The highest BCUT2D eigenvalue weighted by molar-refractivity contribution is 6.35. The van der Waals surface area contributed by atoms with Crippen LogP contribution in [0, 0.1) is 11.8 Å². The van der Waals surface area contributed by atoms with Gasteiger partial charge in [0.2, 0.25) is 5.76 Å². The molecule has 3 aliphatic heterocycles. The molecule has 1 amide bonds. The first-order valence-electron chi connectivity index (χ1n) is 20.4. The van der Waals surface area contributed by atoms with Crippen molar-refractivity contribution in [1.29, 1.82) is 0 Å². The van der Waals surface area contributed by atoms with Gasteiger partial charge < -0.3 is 33.4 Å². The molecular formula is C46H46Cl2F2N3O8+. The molecule has 1 aliphatic carbocycles. The second kappa shape index (κ2) is 19.1. The van der Waals surface area contributed by atoms with Crippen molar-refractivity contribution in [1.82, 2.24) is 10.2 Å². The van der Waals surface area contributed by atoms with E-state index in [-0.39, 0.29) is 36.4 Å². The highest BCUT2D eigenvalue weighted by atomic mass is 35.5. The SMILES string of the molecule is C[n+]1cc(Cl)c(C[C@H](OC(=O)c2ccc(COc3cccc([C@@H](NC(=O)O[C@H]4CN5CCC4CC5)c4ccccc4)c3)o2)c2ccc(OC(F)F)c(OCC3CC3)c2)c(Cl)c1. The lowest BCUT2D eigenvalue weighted by atomic mass is 9.86. The van der Waals surface area contributed by atoms with Crippen LogP contribution in [0.2, 0.25) is 10.0 Å². The second-order valence-corrected chi connectivity index (χ2v) is 16.5. The molecule has 4 fully saturated rings. The van der Waals surface area contributed by atoms with Crippen LogP contribution in [0.5, 0.6) is 17.2 Å². The second-order valence-electron chi connectivity index (χ2n) is 15.7. The van der Waals surface area contributed by atoms with Gasteiger partial charge in [-0.3, -0.25) is 4.90 Å². The first-order valence-corrected chi connectivity index (χ1v) is 21.1. The zero-order chi connectivity index (χ0) is 42.5. The van der Waals surface area contributed by atoms with Gasteiger partial charge in [-0.05, 0) is 104 Å². The molecule has 1 saturated carbocycles. The summed E-state index contributed by atoms with van der Waals surface area (Å²) in [6, 6.07) is 24.0. The molecule has 3 aromatic carbocycles. The number of rotatable bonds is 17. The third-order valence-corrected chi connectivity index (χ3v) is 11.9. The van der Waals surface area contributed by atoms with E-state index in [1.165, 1.54) is 24.3 Å². The average Bonchev–Trinajstić information content (AvgIpc) is 3.96. The number of nitrogens with zero attached hydrogens (tertiary/aromatic N) is 2. The number of pyridine rings is 1. The van der Waals surface area contributed by atoms with Gasteiger partial charge in [0.25, 0.3) is 0 Å². The Hall–Kier alpha value is -5.37. The molecule has 11 nitrogen and oxygen atoms in total. The fourth-order valence-electron chi connectivity index (χ4n) is 7.83. The van der Waals surface area contributed by atoms with Gasteiger partial charge in [-0.1, -0.05) is 71.7 Å². The molecule has 15 heteroatoms. The summed E-state index contributed by atoms with van der Waals surface area (Å²) in [6.07, 6.45) is 5.83. The highest BCUT2D eigenvalue weighted by Gasteiger charge is 2.37. The molecule has 61 heavy (non-hydrogen) atoms. The molecule has 0 radical (unpaired) electrons. The Balaban J connectivity index is 0.962. The van der Waals surface area contributed by atoms with E-state index in [1.807, 2.05) is 48.5 Å². The van der Waals surface area contributed by atoms with Gasteiger partial charge >= 0.3 is 18.7 Å². The molecule has 5 aromatic rings. The first kappa shape index (κ1) is 42.3. The van der Waals surface area contributed by atoms with Gasteiger partial charge in [0.05, 0.1) is 12.6 Å². The number of furan rings is 1. The van der Waals surface area contributed by atoms with Crippen LogP contribution < -0.4 is 24.1 Å². The normalized spacial score (nSPS) is 19.2. The number of alkyl carbamates (subject to hydrolysis) is 1. The van der Waals surface area contributed by atoms with Crippen molar-refractivity contribution >= 4 is 35.3 Å². The Morgan fingerprint density at radius 2 is 1.62 bits per heavy atom. The lowest BCUT2D eigenvalue weighted by molar-refractivity contribution is -0.671. The van der Waals surface area contributed by atoms with E-state index in [0.717, 1.165) is 56.4 Å². The Labute approximate surface area is 362 Å². The number of alkyl halides is 2. The number of esters is 1. The number of ether oxygens (including phenoxy) is 5. The van der Waals surface area contributed by atoms with Crippen LogP contribution in [0.1, 0.15) is 76.4 Å². The molecule has 5 heterocycles. The van der Waals surface area contributed by atoms with Gasteiger partial charge in [0.1, 0.15) is 47.4 Å². The number of halogens is 4. The number of nitrogens with one attached hydrogen (secondary N) is 1. The van der Waals surface area contributed by atoms with E-state index in [0.29, 0.717) is 51.1 Å². The van der Waals surface area contributed by atoms with E-state index >= 15 is 0 Å². The first-order chi connectivity index (χ1) is 29.5. The smallest absolute Gasteiger partial charge is 0.408 e. The maximum atomic E-state index is 13.7. The van der Waals surface area contributed by atoms with Crippen molar-refractivity contribution in [3.63, 3.8) is 0 Å². The quantitative estimate of drug-likeness (QED) is 0.0722. The molecule has 9 rings (SSSR count). The Morgan fingerprint density at radius 1 is 0.869 bits per heavy atom. The van der Waals surface area contributed by atoms with Gasteiger partial charge in [-0.25, -0.2) is 14.2 Å². The summed E-state index contributed by atoms with van der Waals surface area (Å²) in [4.78, 5) is 29.4. The number of carbonyl (C=O) groups is 2.